The van der Waals surface area contributed by atoms with Gasteiger partial charge in [-0.25, -0.2) is 0 Å². The third-order valence-electron chi connectivity index (χ3n) is 4.16. The first-order valence-corrected chi connectivity index (χ1v) is 7.42. The van der Waals surface area contributed by atoms with Crippen LogP contribution in [0, 0.1) is 0 Å². The zero-order valence-electron chi connectivity index (χ0n) is 12.0. The molecule has 0 unspecified atom stereocenters. The number of benzene rings is 1. The molecule has 0 radical (unpaired) electrons. The lowest BCUT2D eigenvalue weighted by Gasteiger charge is -2.15. The molecule has 3 rings (SSSR count). The van der Waals surface area contributed by atoms with Crippen LogP contribution in [-0.4, -0.2) is 34.3 Å². The van der Waals surface area contributed by atoms with Gasteiger partial charge in [-0.1, -0.05) is 26.0 Å². The van der Waals surface area contributed by atoms with Gasteiger partial charge in [-0.05, 0) is 43.5 Å². The highest BCUT2D eigenvalue weighted by Gasteiger charge is 2.12. The van der Waals surface area contributed by atoms with Gasteiger partial charge in [0.15, 0.2) is 0 Å². The number of aromatic nitrogens is 2. The van der Waals surface area contributed by atoms with Gasteiger partial charge in [0.1, 0.15) is 0 Å². The Morgan fingerprint density at radius 2 is 1.95 bits per heavy atom. The van der Waals surface area contributed by atoms with Crippen molar-refractivity contribution in [2.75, 3.05) is 19.6 Å². The summed E-state index contributed by atoms with van der Waals surface area (Å²) in [6.45, 7) is 9.14. The van der Waals surface area contributed by atoms with Crippen LogP contribution in [-0.2, 0) is 6.54 Å². The Kier molecular flexibility index (Phi) is 3.56. The lowest BCUT2D eigenvalue weighted by molar-refractivity contribution is 0.318. The minimum atomic E-state index is 0.575. The van der Waals surface area contributed by atoms with Gasteiger partial charge in [-0.3, -0.25) is 4.68 Å². The van der Waals surface area contributed by atoms with Crippen molar-refractivity contribution in [2.24, 2.45) is 0 Å². The Morgan fingerprint density at radius 3 is 2.68 bits per heavy atom. The van der Waals surface area contributed by atoms with Gasteiger partial charge in [-0.15, -0.1) is 0 Å². The van der Waals surface area contributed by atoms with E-state index in [1.54, 1.807) is 0 Å². The van der Waals surface area contributed by atoms with Crippen molar-refractivity contribution >= 4 is 10.9 Å². The van der Waals surface area contributed by atoms with Gasteiger partial charge in [0, 0.05) is 11.9 Å². The molecule has 1 saturated heterocycles. The molecule has 0 saturated carbocycles. The van der Waals surface area contributed by atoms with E-state index < -0.39 is 0 Å². The highest BCUT2D eigenvalue weighted by molar-refractivity contribution is 5.79. The lowest BCUT2D eigenvalue weighted by atomic mass is 10.0. The molecule has 1 aliphatic rings. The molecule has 1 fully saturated rings. The Bertz CT molecular complexity index is 550. The number of hydrogen-bond acceptors (Lipinski definition) is 2. The molecule has 0 N–H and O–H groups in total. The zero-order valence-corrected chi connectivity index (χ0v) is 12.0. The van der Waals surface area contributed by atoms with Crippen molar-refractivity contribution in [3.05, 3.63) is 30.0 Å². The Morgan fingerprint density at radius 1 is 1.16 bits per heavy atom. The molecular weight excluding hydrogens is 234 g/mol. The molecule has 1 aliphatic heterocycles. The van der Waals surface area contributed by atoms with Gasteiger partial charge in [0.25, 0.3) is 0 Å². The molecule has 2 aromatic rings. The predicted molar refractivity (Wildman–Crippen MR) is 79.5 cm³/mol. The fourth-order valence-corrected chi connectivity index (χ4v) is 2.87. The smallest absolute Gasteiger partial charge is 0.0685 e. The predicted octanol–water partition coefficient (Wildman–Crippen LogP) is 3.26. The summed E-state index contributed by atoms with van der Waals surface area (Å²) >= 11 is 0. The number of hydrogen-bond donors (Lipinski definition) is 0. The van der Waals surface area contributed by atoms with Crippen LogP contribution in [0.25, 0.3) is 10.9 Å². The van der Waals surface area contributed by atoms with Crippen LogP contribution in [0.5, 0.6) is 0 Å². The number of likely N-dealkylation sites (tertiary alicyclic amines) is 1. The normalized spacial score (nSPS) is 16.8. The van der Waals surface area contributed by atoms with Crippen LogP contribution in [0.3, 0.4) is 0 Å². The van der Waals surface area contributed by atoms with E-state index in [0.29, 0.717) is 5.92 Å². The Labute approximate surface area is 115 Å². The Hall–Kier alpha value is -1.35. The van der Waals surface area contributed by atoms with Crippen LogP contribution in [0.2, 0.25) is 0 Å². The topological polar surface area (TPSA) is 21.1 Å². The average Bonchev–Trinajstić information content (AvgIpc) is 3.05. The molecule has 0 amide bonds. The van der Waals surface area contributed by atoms with E-state index >= 15 is 0 Å². The SMILES string of the molecule is CC(C)c1ccc2cnn(CCN3CCCC3)c2c1. The summed E-state index contributed by atoms with van der Waals surface area (Å²) in [4.78, 5) is 2.54. The minimum absolute atomic E-state index is 0.575. The van der Waals surface area contributed by atoms with Crippen LogP contribution in [0.1, 0.15) is 38.2 Å². The number of fused-ring (bicyclic) bond motifs is 1. The van der Waals surface area contributed by atoms with Crippen LogP contribution >= 0.6 is 0 Å². The molecule has 0 spiro atoms. The molecule has 3 nitrogen and oxygen atoms in total. The first kappa shape index (κ1) is 12.7. The summed E-state index contributed by atoms with van der Waals surface area (Å²) in [7, 11) is 0. The van der Waals surface area contributed by atoms with Crippen LogP contribution < -0.4 is 0 Å². The first-order valence-electron chi connectivity index (χ1n) is 7.42. The van der Waals surface area contributed by atoms with Crippen molar-refractivity contribution in [3.63, 3.8) is 0 Å². The van der Waals surface area contributed by atoms with E-state index in [9.17, 15) is 0 Å². The molecule has 0 bridgehead atoms. The molecule has 1 aromatic heterocycles. The molecule has 2 heterocycles. The summed E-state index contributed by atoms with van der Waals surface area (Å²) in [5, 5.41) is 5.80. The van der Waals surface area contributed by atoms with Crippen molar-refractivity contribution in [2.45, 2.75) is 39.2 Å². The second-order valence-corrected chi connectivity index (χ2v) is 5.89. The maximum absolute atomic E-state index is 4.55. The highest BCUT2D eigenvalue weighted by Crippen LogP contribution is 2.21. The second-order valence-electron chi connectivity index (χ2n) is 5.89. The van der Waals surface area contributed by atoms with Gasteiger partial charge in [0.2, 0.25) is 0 Å². The van der Waals surface area contributed by atoms with Gasteiger partial charge < -0.3 is 4.90 Å². The van der Waals surface area contributed by atoms with Gasteiger partial charge in [0.05, 0.1) is 18.3 Å². The standard InChI is InChI=1S/C16H23N3/c1-13(2)14-5-6-15-12-17-19(16(15)11-14)10-9-18-7-3-4-8-18/h5-6,11-13H,3-4,7-10H2,1-2H3. The molecule has 3 heteroatoms. The quantitative estimate of drug-likeness (QED) is 0.838. The lowest BCUT2D eigenvalue weighted by Crippen LogP contribution is -2.24. The van der Waals surface area contributed by atoms with Crippen molar-refractivity contribution in [3.8, 4) is 0 Å². The van der Waals surface area contributed by atoms with E-state index in [0.717, 1.165) is 13.1 Å². The largest absolute Gasteiger partial charge is 0.301 e. The maximum atomic E-state index is 4.55. The monoisotopic (exact) mass is 257 g/mol. The minimum Gasteiger partial charge on any atom is -0.301 e. The molecular formula is C16H23N3. The molecule has 1 aromatic carbocycles. The zero-order chi connectivity index (χ0) is 13.2. The maximum Gasteiger partial charge on any atom is 0.0685 e. The Balaban J connectivity index is 1.80. The van der Waals surface area contributed by atoms with Crippen LogP contribution in [0.4, 0.5) is 0 Å². The first-order chi connectivity index (χ1) is 9.24. The molecule has 0 aliphatic carbocycles. The highest BCUT2D eigenvalue weighted by atomic mass is 15.3. The summed E-state index contributed by atoms with van der Waals surface area (Å²) in [5.41, 5.74) is 2.68. The summed E-state index contributed by atoms with van der Waals surface area (Å²) in [6, 6.07) is 6.72. The van der Waals surface area contributed by atoms with Crippen molar-refractivity contribution in [1.82, 2.24) is 14.7 Å². The van der Waals surface area contributed by atoms with Crippen molar-refractivity contribution in [1.29, 1.82) is 0 Å². The van der Waals surface area contributed by atoms with Gasteiger partial charge >= 0.3 is 0 Å². The molecule has 0 atom stereocenters. The van der Waals surface area contributed by atoms with Gasteiger partial charge in [-0.2, -0.15) is 5.10 Å². The average molecular weight is 257 g/mol. The third-order valence-corrected chi connectivity index (χ3v) is 4.16. The number of rotatable bonds is 4. The summed E-state index contributed by atoms with van der Waals surface area (Å²) in [5.74, 6) is 0.575. The second kappa shape index (κ2) is 5.33. The van der Waals surface area contributed by atoms with E-state index in [-0.39, 0.29) is 0 Å². The van der Waals surface area contributed by atoms with Crippen LogP contribution in [0.15, 0.2) is 24.4 Å². The fourth-order valence-electron chi connectivity index (χ4n) is 2.87. The molecule has 102 valence electrons. The van der Waals surface area contributed by atoms with Crippen molar-refractivity contribution < 1.29 is 0 Å². The number of nitrogens with zero attached hydrogens (tertiary/aromatic N) is 3. The van der Waals surface area contributed by atoms with E-state index in [4.69, 9.17) is 0 Å². The third kappa shape index (κ3) is 2.66. The van der Waals surface area contributed by atoms with E-state index in [2.05, 4.69) is 46.7 Å². The fraction of sp³-hybridized carbons (Fsp3) is 0.562. The van der Waals surface area contributed by atoms with E-state index in [1.165, 1.54) is 42.4 Å². The van der Waals surface area contributed by atoms with E-state index in [1.807, 2.05) is 6.20 Å². The summed E-state index contributed by atoms with van der Waals surface area (Å²) < 4.78 is 2.17. The summed E-state index contributed by atoms with van der Waals surface area (Å²) in [6.07, 6.45) is 4.71. The molecule has 19 heavy (non-hydrogen) atoms.